The van der Waals surface area contributed by atoms with E-state index in [9.17, 15) is 13.2 Å². The number of halogens is 1. The first-order chi connectivity index (χ1) is 11.3. The summed E-state index contributed by atoms with van der Waals surface area (Å²) in [7, 11) is -3.75. The van der Waals surface area contributed by atoms with E-state index in [1.807, 2.05) is 13.0 Å². The molecule has 1 amide bonds. The molecule has 0 bridgehead atoms. The molecule has 24 heavy (non-hydrogen) atoms. The van der Waals surface area contributed by atoms with Crippen LogP contribution in [0.2, 0.25) is 5.02 Å². The van der Waals surface area contributed by atoms with E-state index in [1.165, 1.54) is 19.1 Å². The molecular weight excluding hydrogens is 348 g/mol. The third-order valence-corrected chi connectivity index (χ3v) is 5.39. The van der Waals surface area contributed by atoms with Crippen molar-refractivity contribution in [3.63, 3.8) is 0 Å². The second-order valence-electron chi connectivity index (χ2n) is 5.47. The SMILES string of the molecule is Cc1ccc(S(=O)(=O)NC(C)C(=O)NCc2ccccc2Cl)cc1. The quantitative estimate of drug-likeness (QED) is 0.825. The van der Waals surface area contributed by atoms with Crippen LogP contribution in [0.4, 0.5) is 0 Å². The molecule has 0 saturated heterocycles. The van der Waals surface area contributed by atoms with Gasteiger partial charge < -0.3 is 5.32 Å². The molecule has 2 rings (SSSR count). The molecule has 2 aromatic rings. The molecule has 7 heteroatoms. The number of hydrogen-bond acceptors (Lipinski definition) is 3. The lowest BCUT2D eigenvalue weighted by Gasteiger charge is -2.15. The lowest BCUT2D eigenvalue weighted by molar-refractivity contribution is -0.122. The fraction of sp³-hybridized carbons (Fsp3) is 0.235. The molecule has 2 N–H and O–H groups in total. The molecule has 0 heterocycles. The van der Waals surface area contributed by atoms with E-state index in [1.54, 1.807) is 30.3 Å². The Kier molecular flexibility index (Phi) is 5.99. The molecule has 0 aromatic heterocycles. The van der Waals surface area contributed by atoms with E-state index in [0.717, 1.165) is 11.1 Å². The molecule has 5 nitrogen and oxygen atoms in total. The first kappa shape index (κ1) is 18.4. The normalized spacial score (nSPS) is 12.6. The fourth-order valence-electron chi connectivity index (χ4n) is 2.05. The number of rotatable bonds is 6. The lowest BCUT2D eigenvalue weighted by atomic mass is 10.2. The Labute approximate surface area is 147 Å². The molecule has 2 aromatic carbocycles. The van der Waals surface area contributed by atoms with Gasteiger partial charge in [0.25, 0.3) is 0 Å². The van der Waals surface area contributed by atoms with E-state index in [2.05, 4.69) is 10.0 Å². The van der Waals surface area contributed by atoms with Gasteiger partial charge in [0, 0.05) is 11.6 Å². The first-order valence-corrected chi connectivity index (χ1v) is 9.26. The van der Waals surface area contributed by atoms with Gasteiger partial charge >= 0.3 is 0 Å². The van der Waals surface area contributed by atoms with Gasteiger partial charge in [-0.15, -0.1) is 0 Å². The van der Waals surface area contributed by atoms with Crippen molar-refractivity contribution in [2.24, 2.45) is 0 Å². The highest BCUT2D eigenvalue weighted by molar-refractivity contribution is 7.89. The van der Waals surface area contributed by atoms with Crippen molar-refractivity contribution in [3.8, 4) is 0 Å². The van der Waals surface area contributed by atoms with E-state index < -0.39 is 22.0 Å². The third kappa shape index (κ3) is 4.80. The first-order valence-electron chi connectivity index (χ1n) is 7.40. The maximum atomic E-state index is 12.3. The average molecular weight is 367 g/mol. The number of carbonyl (C=O) groups excluding carboxylic acids is 1. The van der Waals surface area contributed by atoms with Crippen LogP contribution in [0.5, 0.6) is 0 Å². The monoisotopic (exact) mass is 366 g/mol. The highest BCUT2D eigenvalue weighted by Crippen LogP contribution is 2.14. The van der Waals surface area contributed by atoms with Crippen molar-refractivity contribution in [2.45, 2.75) is 31.3 Å². The number of benzene rings is 2. The molecule has 0 saturated carbocycles. The van der Waals surface area contributed by atoms with Crippen LogP contribution in [-0.4, -0.2) is 20.4 Å². The summed E-state index contributed by atoms with van der Waals surface area (Å²) in [6.07, 6.45) is 0. The van der Waals surface area contributed by atoms with Crippen LogP contribution in [0.3, 0.4) is 0 Å². The van der Waals surface area contributed by atoms with Gasteiger partial charge in [0.05, 0.1) is 10.9 Å². The van der Waals surface area contributed by atoms with E-state index in [4.69, 9.17) is 11.6 Å². The van der Waals surface area contributed by atoms with Gasteiger partial charge in [-0.05, 0) is 37.6 Å². The Hall–Kier alpha value is -1.89. The van der Waals surface area contributed by atoms with E-state index >= 15 is 0 Å². The van der Waals surface area contributed by atoms with Gasteiger partial charge in [-0.1, -0.05) is 47.5 Å². The zero-order valence-electron chi connectivity index (χ0n) is 13.4. The number of sulfonamides is 1. The molecule has 0 aliphatic carbocycles. The summed E-state index contributed by atoms with van der Waals surface area (Å²) in [6, 6.07) is 12.7. The molecule has 0 aliphatic heterocycles. The minimum absolute atomic E-state index is 0.124. The molecule has 0 aliphatic rings. The second-order valence-corrected chi connectivity index (χ2v) is 7.59. The van der Waals surface area contributed by atoms with Crippen molar-refractivity contribution >= 4 is 27.5 Å². The Bertz CT molecular complexity index is 820. The van der Waals surface area contributed by atoms with Gasteiger partial charge in [0.1, 0.15) is 0 Å². The average Bonchev–Trinajstić information content (AvgIpc) is 2.53. The van der Waals surface area contributed by atoms with E-state index in [-0.39, 0.29) is 11.4 Å². The Morgan fingerprint density at radius 1 is 1.12 bits per heavy atom. The minimum atomic E-state index is -3.75. The van der Waals surface area contributed by atoms with Crippen molar-refractivity contribution < 1.29 is 13.2 Å². The molecule has 0 fully saturated rings. The van der Waals surface area contributed by atoms with Gasteiger partial charge in [0.15, 0.2) is 0 Å². The lowest BCUT2D eigenvalue weighted by Crippen LogP contribution is -2.44. The number of aryl methyl sites for hydroxylation is 1. The summed E-state index contributed by atoms with van der Waals surface area (Å²) in [5.74, 6) is -0.425. The highest BCUT2D eigenvalue weighted by atomic mass is 35.5. The zero-order valence-corrected chi connectivity index (χ0v) is 15.0. The standard InChI is InChI=1S/C17H19ClN2O3S/c1-12-7-9-15(10-8-12)24(22,23)20-13(2)17(21)19-11-14-5-3-4-6-16(14)18/h3-10,13,20H,11H2,1-2H3,(H,19,21). The topological polar surface area (TPSA) is 75.3 Å². The Balaban J connectivity index is 1.98. The van der Waals surface area contributed by atoms with Gasteiger partial charge in [-0.3, -0.25) is 4.79 Å². The van der Waals surface area contributed by atoms with Crippen LogP contribution in [0.1, 0.15) is 18.1 Å². The highest BCUT2D eigenvalue weighted by Gasteiger charge is 2.21. The Morgan fingerprint density at radius 3 is 2.38 bits per heavy atom. The Morgan fingerprint density at radius 2 is 1.75 bits per heavy atom. The largest absolute Gasteiger partial charge is 0.351 e. The van der Waals surface area contributed by atoms with Crippen LogP contribution in [0.15, 0.2) is 53.4 Å². The maximum absolute atomic E-state index is 12.3. The molecule has 1 atom stereocenters. The van der Waals surface area contributed by atoms with E-state index in [0.29, 0.717) is 5.02 Å². The summed E-state index contributed by atoms with van der Waals surface area (Å²) >= 11 is 6.02. The smallest absolute Gasteiger partial charge is 0.241 e. The predicted octanol–water partition coefficient (Wildman–Crippen LogP) is 2.63. The number of nitrogens with one attached hydrogen (secondary N) is 2. The van der Waals surface area contributed by atoms with Gasteiger partial charge in [0.2, 0.25) is 15.9 Å². The minimum Gasteiger partial charge on any atom is -0.351 e. The zero-order chi connectivity index (χ0) is 17.7. The molecule has 0 spiro atoms. The van der Waals surface area contributed by atoms with Gasteiger partial charge in [-0.2, -0.15) is 4.72 Å². The number of carbonyl (C=O) groups is 1. The summed E-state index contributed by atoms with van der Waals surface area (Å²) in [5.41, 5.74) is 1.72. The maximum Gasteiger partial charge on any atom is 0.241 e. The van der Waals surface area contributed by atoms with Crippen LogP contribution in [-0.2, 0) is 21.4 Å². The van der Waals surface area contributed by atoms with Crippen molar-refractivity contribution in [2.75, 3.05) is 0 Å². The summed E-state index contributed by atoms with van der Waals surface area (Å²) < 4.78 is 26.9. The van der Waals surface area contributed by atoms with Gasteiger partial charge in [-0.25, -0.2) is 8.42 Å². The summed E-state index contributed by atoms with van der Waals surface area (Å²) in [4.78, 5) is 12.2. The van der Waals surface area contributed by atoms with Crippen LogP contribution >= 0.6 is 11.6 Å². The molecule has 0 radical (unpaired) electrons. The number of hydrogen-bond donors (Lipinski definition) is 2. The fourth-order valence-corrected chi connectivity index (χ4v) is 3.45. The molecule has 128 valence electrons. The van der Waals surface area contributed by atoms with Crippen LogP contribution in [0.25, 0.3) is 0 Å². The van der Waals surface area contributed by atoms with Crippen LogP contribution < -0.4 is 10.0 Å². The number of amides is 1. The van der Waals surface area contributed by atoms with Crippen molar-refractivity contribution in [3.05, 3.63) is 64.7 Å². The summed E-state index contributed by atoms with van der Waals surface area (Å²) in [5, 5.41) is 3.22. The predicted molar refractivity (Wildman–Crippen MR) is 94.3 cm³/mol. The third-order valence-electron chi connectivity index (χ3n) is 3.47. The van der Waals surface area contributed by atoms with Crippen molar-refractivity contribution in [1.82, 2.24) is 10.0 Å². The summed E-state index contributed by atoms with van der Waals surface area (Å²) in [6.45, 7) is 3.59. The molecule has 1 unspecified atom stereocenters. The second kappa shape index (κ2) is 7.79. The molecular formula is C17H19ClN2O3S. The van der Waals surface area contributed by atoms with Crippen molar-refractivity contribution in [1.29, 1.82) is 0 Å². The van der Waals surface area contributed by atoms with Crippen LogP contribution in [0, 0.1) is 6.92 Å².